The van der Waals surface area contributed by atoms with Crippen molar-refractivity contribution in [3.8, 4) is 0 Å². The fraction of sp³-hybridized carbons (Fsp3) is 0.545. The Labute approximate surface area is 88.6 Å². The van der Waals surface area contributed by atoms with Crippen molar-refractivity contribution < 1.29 is 14.6 Å². The second-order valence-corrected chi connectivity index (χ2v) is 3.61. The van der Waals surface area contributed by atoms with E-state index < -0.39 is 17.5 Å². The van der Waals surface area contributed by atoms with Gasteiger partial charge in [0.1, 0.15) is 11.9 Å². The molecule has 1 atom stereocenters. The summed E-state index contributed by atoms with van der Waals surface area (Å²) in [7, 11) is 0. The molecule has 0 bridgehead atoms. The standard InChI is InChI=1S/C11H16FNO2/c1-3-11(15,4-2)10(14)8-5-6-13-7-9(8)12/h5-7,10,14-15H,3-4H2,1-2H3. The summed E-state index contributed by atoms with van der Waals surface area (Å²) >= 11 is 0. The van der Waals surface area contributed by atoms with Gasteiger partial charge >= 0.3 is 0 Å². The maximum atomic E-state index is 13.3. The van der Waals surface area contributed by atoms with Gasteiger partial charge in [-0.25, -0.2) is 4.39 Å². The summed E-state index contributed by atoms with van der Waals surface area (Å²) in [5, 5.41) is 19.9. The van der Waals surface area contributed by atoms with E-state index in [1.807, 2.05) is 0 Å². The van der Waals surface area contributed by atoms with Crippen LogP contribution in [0.1, 0.15) is 38.4 Å². The molecule has 0 saturated carbocycles. The third-order valence-electron chi connectivity index (χ3n) is 2.83. The molecule has 0 aliphatic heterocycles. The molecule has 1 aromatic rings. The van der Waals surface area contributed by atoms with Crippen molar-refractivity contribution in [2.45, 2.75) is 38.4 Å². The number of aromatic nitrogens is 1. The van der Waals surface area contributed by atoms with Crippen LogP contribution in [0, 0.1) is 5.82 Å². The van der Waals surface area contributed by atoms with Gasteiger partial charge in [-0.1, -0.05) is 13.8 Å². The van der Waals surface area contributed by atoms with Gasteiger partial charge in [0.15, 0.2) is 0 Å². The molecule has 1 rings (SSSR count). The minimum absolute atomic E-state index is 0.0937. The van der Waals surface area contributed by atoms with Crippen molar-refractivity contribution in [2.24, 2.45) is 0 Å². The van der Waals surface area contributed by atoms with Crippen LogP contribution in [0.25, 0.3) is 0 Å². The Morgan fingerprint density at radius 3 is 2.53 bits per heavy atom. The molecule has 15 heavy (non-hydrogen) atoms. The Morgan fingerprint density at radius 2 is 2.07 bits per heavy atom. The van der Waals surface area contributed by atoms with Crippen LogP contribution in [0.3, 0.4) is 0 Å². The number of halogens is 1. The number of aliphatic hydroxyl groups excluding tert-OH is 1. The first-order valence-corrected chi connectivity index (χ1v) is 5.05. The van der Waals surface area contributed by atoms with Gasteiger partial charge in [0.25, 0.3) is 0 Å². The molecule has 0 fully saturated rings. The van der Waals surface area contributed by atoms with Crippen LogP contribution in [0.15, 0.2) is 18.5 Å². The smallest absolute Gasteiger partial charge is 0.147 e. The number of nitrogens with zero attached hydrogens (tertiary/aromatic N) is 1. The highest BCUT2D eigenvalue weighted by Crippen LogP contribution is 2.32. The van der Waals surface area contributed by atoms with E-state index in [1.54, 1.807) is 13.8 Å². The molecule has 0 amide bonds. The third-order valence-corrected chi connectivity index (χ3v) is 2.83. The predicted octanol–water partition coefficient (Wildman–Crippen LogP) is 1.81. The van der Waals surface area contributed by atoms with Gasteiger partial charge in [-0.05, 0) is 18.9 Å². The van der Waals surface area contributed by atoms with Crippen LogP contribution >= 0.6 is 0 Å². The summed E-state index contributed by atoms with van der Waals surface area (Å²) in [6.45, 7) is 3.51. The van der Waals surface area contributed by atoms with E-state index in [9.17, 15) is 14.6 Å². The first kappa shape index (κ1) is 12.1. The topological polar surface area (TPSA) is 53.4 Å². The number of rotatable bonds is 4. The molecule has 3 nitrogen and oxygen atoms in total. The summed E-state index contributed by atoms with van der Waals surface area (Å²) in [6.07, 6.45) is 1.95. The summed E-state index contributed by atoms with van der Waals surface area (Å²) in [4.78, 5) is 3.59. The van der Waals surface area contributed by atoms with E-state index >= 15 is 0 Å². The van der Waals surface area contributed by atoms with Gasteiger partial charge in [0, 0.05) is 11.8 Å². The van der Waals surface area contributed by atoms with Crippen LogP contribution in [0.4, 0.5) is 4.39 Å². The molecule has 1 unspecified atom stereocenters. The average Bonchev–Trinajstić information content (AvgIpc) is 2.28. The van der Waals surface area contributed by atoms with Gasteiger partial charge in [-0.3, -0.25) is 4.98 Å². The van der Waals surface area contributed by atoms with Gasteiger partial charge in [-0.2, -0.15) is 0 Å². The normalized spacial score (nSPS) is 13.9. The lowest BCUT2D eigenvalue weighted by molar-refractivity contribution is -0.0834. The van der Waals surface area contributed by atoms with Crippen molar-refractivity contribution in [1.29, 1.82) is 0 Å². The zero-order chi connectivity index (χ0) is 11.5. The Morgan fingerprint density at radius 1 is 1.47 bits per heavy atom. The van der Waals surface area contributed by atoms with Crippen LogP contribution in [0.5, 0.6) is 0 Å². The van der Waals surface area contributed by atoms with E-state index in [0.29, 0.717) is 12.8 Å². The summed E-state index contributed by atoms with van der Waals surface area (Å²) < 4.78 is 13.3. The van der Waals surface area contributed by atoms with Crippen molar-refractivity contribution in [2.75, 3.05) is 0 Å². The van der Waals surface area contributed by atoms with Gasteiger partial charge in [-0.15, -0.1) is 0 Å². The average molecular weight is 213 g/mol. The summed E-state index contributed by atoms with van der Waals surface area (Å²) in [6, 6.07) is 1.39. The van der Waals surface area contributed by atoms with E-state index in [-0.39, 0.29) is 5.56 Å². The lowest BCUT2D eigenvalue weighted by Crippen LogP contribution is -2.35. The SMILES string of the molecule is CCC(O)(CC)C(O)c1ccncc1F. The Balaban J connectivity index is 3.03. The Hall–Kier alpha value is -1.00. The molecule has 0 aliphatic carbocycles. The highest BCUT2D eigenvalue weighted by atomic mass is 19.1. The molecule has 84 valence electrons. The first-order valence-electron chi connectivity index (χ1n) is 5.05. The number of hydrogen-bond donors (Lipinski definition) is 2. The molecule has 2 N–H and O–H groups in total. The minimum atomic E-state index is -1.28. The third kappa shape index (κ3) is 2.33. The van der Waals surface area contributed by atoms with Gasteiger partial charge < -0.3 is 10.2 Å². The van der Waals surface area contributed by atoms with E-state index in [1.165, 1.54) is 12.3 Å². The van der Waals surface area contributed by atoms with Crippen molar-refractivity contribution in [3.05, 3.63) is 29.8 Å². The highest BCUT2D eigenvalue weighted by Gasteiger charge is 2.34. The van der Waals surface area contributed by atoms with Gasteiger partial charge in [0.2, 0.25) is 0 Å². The zero-order valence-corrected chi connectivity index (χ0v) is 8.94. The van der Waals surface area contributed by atoms with E-state index in [0.717, 1.165) is 6.20 Å². The lowest BCUT2D eigenvalue weighted by atomic mass is 9.86. The molecule has 1 aromatic heterocycles. The van der Waals surface area contributed by atoms with Crippen molar-refractivity contribution in [3.63, 3.8) is 0 Å². The summed E-state index contributed by atoms with van der Waals surface area (Å²) in [5.74, 6) is -0.592. The van der Waals surface area contributed by atoms with Crippen molar-refractivity contribution >= 4 is 0 Å². The molecule has 0 saturated heterocycles. The molecule has 0 aromatic carbocycles. The van der Waals surface area contributed by atoms with Crippen molar-refractivity contribution in [1.82, 2.24) is 4.98 Å². The monoisotopic (exact) mass is 213 g/mol. The number of hydrogen-bond acceptors (Lipinski definition) is 3. The van der Waals surface area contributed by atoms with Crippen LogP contribution in [0.2, 0.25) is 0 Å². The Kier molecular flexibility index (Phi) is 3.77. The quantitative estimate of drug-likeness (QED) is 0.802. The number of pyridine rings is 1. The maximum absolute atomic E-state index is 13.3. The highest BCUT2D eigenvalue weighted by molar-refractivity contribution is 5.18. The molecular weight excluding hydrogens is 197 g/mol. The van der Waals surface area contributed by atoms with Gasteiger partial charge in [0.05, 0.1) is 11.8 Å². The predicted molar refractivity (Wildman–Crippen MR) is 54.7 cm³/mol. The molecule has 0 radical (unpaired) electrons. The first-order chi connectivity index (χ1) is 7.05. The second-order valence-electron chi connectivity index (χ2n) is 3.61. The molecular formula is C11H16FNO2. The fourth-order valence-electron chi connectivity index (χ4n) is 1.53. The molecule has 1 heterocycles. The van der Waals surface area contributed by atoms with E-state index in [2.05, 4.69) is 4.98 Å². The maximum Gasteiger partial charge on any atom is 0.147 e. The Bertz CT molecular complexity index is 326. The molecule has 0 spiro atoms. The molecule has 0 aliphatic rings. The summed E-state index contributed by atoms with van der Waals surface area (Å²) in [5.41, 5.74) is -1.18. The van der Waals surface area contributed by atoms with Crippen LogP contribution in [-0.4, -0.2) is 20.8 Å². The fourth-order valence-corrected chi connectivity index (χ4v) is 1.53. The number of aliphatic hydroxyl groups is 2. The largest absolute Gasteiger partial charge is 0.387 e. The molecule has 4 heteroatoms. The van der Waals surface area contributed by atoms with Crippen LogP contribution < -0.4 is 0 Å². The second kappa shape index (κ2) is 4.68. The lowest BCUT2D eigenvalue weighted by Gasteiger charge is -2.31. The zero-order valence-electron chi connectivity index (χ0n) is 8.94. The van der Waals surface area contributed by atoms with E-state index in [4.69, 9.17) is 0 Å². The van der Waals surface area contributed by atoms with Crippen LogP contribution in [-0.2, 0) is 0 Å². The minimum Gasteiger partial charge on any atom is -0.387 e.